The van der Waals surface area contributed by atoms with Gasteiger partial charge in [-0.1, -0.05) is 42.6 Å². The number of aromatic nitrogens is 4. The smallest absolute Gasteiger partial charge is 0.288 e. The van der Waals surface area contributed by atoms with E-state index >= 15 is 0 Å². The third-order valence-electron chi connectivity index (χ3n) is 3.81. The molecule has 0 aliphatic heterocycles. The van der Waals surface area contributed by atoms with Crippen molar-refractivity contribution in [3.63, 3.8) is 0 Å². The van der Waals surface area contributed by atoms with Gasteiger partial charge in [0.2, 0.25) is 5.91 Å². The van der Waals surface area contributed by atoms with Gasteiger partial charge in [0.05, 0.1) is 11.4 Å². The Labute approximate surface area is 175 Å². The van der Waals surface area contributed by atoms with Crippen LogP contribution in [0.4, 0.5) is 14.5 Å². The van der Waals surface area contributed by atoms with E-state index in [1.54, 1.807) is 36.7 Å². The van der Waals surface area contributed by atoms with E-state index in [2.05, 4.69) is 27.4 Å². The summed E-state index contributed by atoms with van der Waals surface area (Å²) in [7, 11) is 0. The van der Waals surface area contributed by atoms with Crippen LogP contribution in [-0.2, 0) is 11.3 Å². The van der Waals surface area contributed by atoms with Gasteiger partial charge in [0, 0.05) is 29.4 Å². The Kier molecular flexibility index (Phi) is 7.59. The molecule has 2 heterocycles. The lowest BCUT2D eigenvalue weighted by Gasteiger charge is -2.11. The summed E-state index contributed by atoms with van der Waals surface area (Å²) in [6.45, 7) is 2.76. The van der Waals surface area contributed by atoms with E-state index in [9.17, 15) is 13.6 Å². The largest absolute Gasteiger partial charge is 0.324 e. The second kappa shape index (κ2) is 10.4. The summed E-state index contributed by atoms with van der Waals surface area (Å²) in [6, 6.07) is 10.2. The summed E-state index contributed by atoms with van der Waals surface area (Å²) in [4.78, 5) is 16.7. The molecular formula is C19H19F2N5OS2. The molecule has 0 bridgehead atoms. The number of thioether (sulfide) groups is 2. The fourth-order valence-corrected chi connectivity index (χ4v) is 3.98. The molecule has 0 fully saturated rings. The summed E-state index contributed by atoms with van der Waals surface area (Å²) < 4.78 is 27.3. The number of nitrogens with one attached hydrogen (secondary N) is 1. The molecule has 0 saturated carbocycles. The van der Waals surface area contributed by atoms with Crippen LogP contribution in [0, 0.1) is 0 Å². The molecule has 29 heavy (non-hydrogen) atoms. The van der Waals surface area contributed by atoms with E-state index in [0.717, 1.165) is 17.8 Å². The van der Waals surface area contributed by atoms with Crippen molar-refractivity contribution in [1.29, 1.82) is 0 Å². The number of carbonyl (C=O) groups is 1. The van der Waals surface area contributed by atoms with Crippen molar-refractivity contribution in [2.75, 3.05) is 11.1 Å². The lowest BCUT2D eigenvalue weighted by molar-refractivity contribution is -0.113. The van der Waals surface area contributed by atoms with Crippen LogP contribution in [0.5, 0.6) is 0 Å². The van der Waals surface area contributed by atoms with Crippen LogP contribution >= 0.6 is 23.5 Å². The second-order valence-corrected chi connectivity index (χ2v) is 7.88. The summed E-state index contributed by atoms with van der Waals surface area (Å²) in [6.07, 6.45) is 4.26. The minimum Gasteiger partial charge on any atom is -0.324 e. The van der Waals surface area contributed by atoms with Crippen molar-refractivity contribution < 1.29 is 13.6 Å². The monoisotopic (exact) mass is 435 g/mol. The SMILES string of the molecule is CCCn1c(SCC(=O)Nc2ccccc2SC(F)F)nnc1-c1ccncc1. The molecule has 1 N–H and O–H groups in total. The number of rotatable bonds is 9. The molecule has 10 heteroatoms. The van der Waals surface area contributed by atoms with Gasteiger partial charge < -0.3 is 9.88 Å². The van der Waals surface area contributed by atoms with Gasteiger partial charge in [0.1, 0.15) is 0 Å². The topological polar surface area (TPSA) is 72.7 Å². The highest BCUT2D eigenvalue weighted by Crippen LogP contribution is 2.32. The van der Waals surface area contributed by atoms with Crippen LogP contribution in [-0.4, -0.2) is 37.2 Å². The van der Waals surface area contributed by atoms with Gasteiger partial charge >= 0.3 is 0 Å². The molecule has 2 aromatic heterocycles. The molecule has 0 aliphatic carbocycles. The first kappa shape index (κ1) is 21.3. The Morgan fingerprint density at radius 3 is 2.66 bits per heavy atom. The Morgan fingerprint density at radius 2 is 1.93 bits per heavy atom. The molecule has 3 rings (SSSR count). The Balaban J connectivity index is 1.69. The van der Waals surface area contributed by atoms with E-state index in [1.165, 1.54) is 11.8 Å². The number of anilines is 1. The highest BCUT2D eigenvalue weighted by atomic mass is 32.2. The van der Waals surface area contributed by atoms with Crippen LogP contribution in [0.3, 0.4) is 0 Å². The van der Waals surface area contributed by atoms with Crippen LogP contribution in [0.2, 0.25) is 0 Å². The molecular weight excluding hydrogens is 416 g/mol. The van der Waals surface area contributed by atoms with Gasteiger partial charge in [-0.15, -0.1) is 10.2 Å². The van der Waals surface area contributed by atoms with Crippen LogP contribution < -0.4 is 5.32 Å². The van der Waals surface area contributed by atoms with Crippen molar-refractivity contribution in [1.82, 2.24) is 19.7 Å². The number of halogens is 2. The summed E-state index contributed by atoms with van der Waals surface area (Å²) in [5, 5.41) is 11.8. The lowest BCUT2D eigenvalue weighted by atomic mass is 10.2. The summed E-state index contributed by atoms with van der Waals surface area (Å²) >= 11 is 1.66. The zero-order chi connectivity index (χ0) is 20.6. The van der Waals surface area contributed by atoms with Crippen molar-refractivity contribution in [3.05, 3.63) is 48.8 Å². The van der Waals surface area contributed by atoms with Crippen molar-refractivity contribution in [3.8, 4) is 11.4 Å². The molecule has 0 saturated heterocycles. The molecule has 1 amide bonds. The van der Waals surface area contributed by atoms with Gasteiger partial charge in [-0.3, -0.25) is 9.78 Å². The van der Waals surface area contributed by atoms with E-state index in [-0.39, 0.29) is 11.7 Å². The molecule has 6 nitrogen and oxygen atoms in total. The third-order valence-corrected chi connectivity index (χ3v) is 5.57. The molecule has 0 unspecified atom stereocenters. The Bertz CT molecular complexity index is 953. The highest BCUT2D eigenvalue weighted by Gasteiger charge is 2.16. The van der Waals surface area contributed by atoms with Gasteiger partial charge in [-0.2, -0.15) is 8.78 Å². The first-order valence-corrected chi connectivity index (χ1v) is 10.7. The van der Waals surface area contributed by atoms with Gasteiger partial charge in [0.15, 0.2) is 11.0 Å². The van der Waals surface area contributed by atoms with Crippen LogP contribution in [0.15, 0.2) is 58.8 Å². The lowest BCUT2D eigenvalue weighted by Crippen LogP contribution is -2.15. The zero-order valence-electron chi connectivity index (χ0n) is 15.6. The summed E-state index contributed by atoms with van der Waals surface area (Å²) in [5.74, 6) is -2.04. The van der Waals surface area contributed by atoms with E-state index in [4.69, 9.17) is 0 Å². The fraction of sp³-hybridized carbons (Fsp3) is 0.263. The number of carbonyl (C=O) groups excluding carboxylic acids is 1. The number of hydrogen-bond acceptors (Lipinski definition) is 6. The normalized spacial score (nSPS) is 11.0. The minimum atomic E-state index is -2.55. The number of benzene rings is 1. The maximum absolute atomic E-state index is 12.7. The van der Waals surface area contributed by atoms with Crippen molar-refractivity contribution in [2.24, 2.45) is 0 Å². The number of amides is 1. The number of nitrogens with zero attached hydrogens (tertiary/aromatic N) is 4. The predicted octanol–water partition coefficient (Wildman–Crippen LogP) is 4.80. The Hall–Kier alpha value is -2.46. The average Bonchev–Trinajstić information content (AvgIpc) is 3.11. The predicted molar refractivity (Wildman–Crippen MR) is 111 cm³/mol. The van der Waals surface area contributed by atoms with E-state index in [1.807, 2.05) is 16.7 Å². The molecule has 0 spiro atoms. The molecule has 152 valence electrons. The van der Waals surface area contributed by atoms with Crippen LogP contribution in [0.1, 0.15) is 13.3 Å². The number of hydrogen-bond donors (Lipinski definition) is 1. The Morgan fingerprint density at radius 1 is 1.17 bits per heavy atom. The zero-order valence-corrected chi connectivity index (χ0v) is 17.2. The van der Waals surface area contributed by atoms with Crippen LogP contribution in [0.25, 0.3) is 11.4 Å². The quantitative estimate of drug-likeness (QED) is 0.487. The molecule has 0 radical (unpaired) electrons. The van der Waals surface area contributed by atoms with E-state index < -0.39 is 5.76 Å². The third kappa shape index (κ3) is 5.77. The highest BCUT2D eigenvalue weighted by molar-refractivity contribution is 8.00. The standard InChI is InChI=1S/C19H19F2N5OS2/c1-2-11-26-17(13-7-9-22-10-8-13)24-25-19(26)28-12-16(27)23-14-5-3-4-6-15(14)29-18(20)21/h3-10,18H,2,11-12H2,1H3,(H,23,27). The number of para-hydroxylation sites is 1. The molecule has 0 atom stereocenters. The van der Waals surface area contributed by atoms with Crippen molar-refractivity contribution >= 4 is 35.1 Å². The molecule has 0 aliphatic rings. The summed E-state index contributed by atoms with van der Waals surface area (Å²) in [5.41, 5.74) is 1.27. The number of alkyl halides is 2. The second-order valence-electron chi connectivity index (χ2n) is 5.91. The molecule has 3 aromatic rings. The maximum Gasteiger partial charge on any atom is 0.288 e. The first-order valence-electron chi connectivity index (χ1n) is 8.88. The van der Waals surface area contributed by atoms with Gasteiger partial charge in [-0.05, 0) is 30.7 Å². The van der Waals surface area contributed by atoms with Crippen molar-refractivity contribution in [2.45, 2.75) is 35.7 Å². The van der Waals surface area contributed by atoms with E-state index in [0.29, 0.717) is 34.0 Å². The number of pyridine rings is 1. The maximum atomic E-state index is 12.7. The minimum absolute atomic E-state index is 0.0892. The average molecular weight is 436 g/mol. The molecule has 1 aromatic carbocycles. The van der Waals surface area contributed by atoms with Gasteiger partial charge in [0.25, 0.3) is 5.76 Å². The first-order chi connectivity index (χ1) is 14.1. The fourth-order valence-electron chi connectivity index (χ4n) is 2.62. The van der Waals surface area contributed by atoms with Gasteiger partial charge in [-0.25, -0.2) is 0 Å².